The first-order valence-corrected chi connectivity index (χ1v) is 5.66. The number of nitrogens with one attached hydrogen (secondary N) is 2. The highest BCUT2D eigenvalue weighted by atomic mass is 16.2. The number of hydrogen-bond acceptors (Lipinski definition) is 4. The third-order valence-electron chi connectivity index (χ3n) is 2.76. The van der Waals surface area contributed by atoms with Crippen molar-refractivity contribution in [3.63, 3.8) is 0 Å². The second-order valence-corrected chi connectivity index (χ2v) is 3.92. The van der Waals surface area contributed by atoms with Crippen molar-refractivity contribution in [1.82, 2.24) is 15.5 Å². The van der Waals surface area contributed by atoms with E-state index >= 15 is 0 Å². The van der Waals surface area contributed by atoms with Gasteiger partial charge in [-0.3, -0.25) is 9.79 Å². The zero-order valence-electron chi connectivity index (χ0n) is 8.96. The molecule has 0 spiro atoms. The Morgan fingerprint density at radius 3 is 2.93 bits per heavy atom. The average molecular weight is 210 g/mol. The van der Waals surface area contributed by atoms with E-state index in [0.717, 1.165) is 45.0 Å². The topological polar surface area (TPSA) is 56.7 Å². The van der Waals surface area contributed by atoms with Crippen molar-refractivity contribution in [2.75, 3.05) is 32.7 Å². The Hall–Kier alpha value is -1.26. The van der Waals surface area contributed by atoms with Gasteiger partial charge in [0.2, 0.25) is 5.91 Å². The normalized spacial score (nSPS) is 20.0. The number of carbonyl (C=O) groups excluding carboxylic acids is 1. The molecule has 2 aliphatic heterocycles. The fourth-order valence-electron chi connectivity index (χ4n) is 1.93. The monoisotopic (exact) mass is 210 g/mol. The predicted molar refractivity (Wildman–Crippen MR) is 58.7 cm³/mol. The molecule has 2 N–H and O–H groups in total. The Kier molecular flexibility index (Phi) is 3.42. The molecule has 2 heterocycles. The number of carbonyl (C=O) groups is 1. The molecule has 1 amide bonds. The molecule has 1 saturated heterocycles. The van der Waals surface area contributed by atoms with Crippen molar-refractivity contribution in [3.05, 3.63) is 0 Å². The van der Waals surface area contributed by atoms with Crippen molar-refractivity contribution in [2.45, 2.75) is 19.3 Å². The number of amides is 1. The molecule has 5 nitrogen and oxygen atoms in total. The lowest BCUT2D eigenvalue weighted by atomic mass is 10.3. The van der Waals surface area contributed by atoms with Crippen LogP contribution in [0.2, 0.25) is 0 Å². The Morgan fingerprint density at radius 1 is 1.47 bits per heavy atom. The summed E-state index contributed by atoms with van der Waals surface area (Å²) < 4.78 is 0. The molecular weight excluding hydrogens is 192 g/mol. The van der Waals surface area contributed by atoms with Gasteiger partial charge < -0.3 is 15.5 Å². The van der Waals surface area contributed by atoms with Gasteiger partial charge in [-0.05, 0) is 12.8 Å². The van der Waals surface area contributed by atoms with Crippen LogP contribution in [0, 0.1) is 0 Å². The van der Waals surface area contributed by atoms with Gasteiger partial charge in [-0.25, -0.2) is 0 Å². The maximum Gasteiger partial charge on any atom is 0.224 e. The molecule has 0 aromatic carbocycles. The zero-order chi connectivity index (χ0) is 10.5. The van der Waals surface area contributed by atoms with E-state index in [2.05, 4.69) is 15.6 Å². The van der Waals surface area contributed by atoms with E-state index in [9.17, 15) is 4.79 Å². The lowest BCUT2D eigenvalue weighted by Gasteiger charge is -2.15. The Morgan fingerprint density at radius 2 is 2.27 bits per heavy atom. The van der Waals surface area contributed by atoms with Gasteiger partial charge in [-0.1, -0.05) is 0 Å². The third-order valence-corrected chi connectivity index (χ3v) is 2.76. The molecular formula is C10H18N4O. The van der Waals surface area contributed by atoms with Crippen LogP contribution in [0.1, 0.15) is 19.3 Å². The second-order valence-electron chi connectivity index (χ2n) is 3.92. The molecule has 5 heteroatoms. The summed E-state index contributed by atoms with van der Waals surface area (Å²) in [7, 11) is 0. The van der Waals surface area contributed by atoms with Crippen molar-refractivity contribution in [3.8, 4) is 0 Å². The smallest absolute Gasteiger partial charge is 0.224 e. The number of likely N-dealkylation sites (tertiary alicyclic amines) is 1. The van der Waals surface area contributed by atoms with E-state index in [1.54, 1.807) is 0 Å². The maximum absolute atomic E-state index is 11.6. The van der Waals surface area contributed by atoms with Crippen LogP contribution in [0.15, 0.2) is 4.99 Å². The molecule has 0 atom stereocenters. The Bertz CT molecular complexity index is 258. The summed E-state index contributed by atoms with van der Waals surface area (Å²) >= 11 is 0. The number of aliphatic imine (C=N–C) groups is 1. The molecule has 0 saturated carbocycles. The summed E-state index contributed by atoms with van der Waals surface area (Å²) in [5.74, 6) is 1.10. The molecule has 84 valence electrons. The summed E-state index contributed by atoms with van der Waals surface area (Å²) in [6.45, 7) is 4.31. The van der Waals surface area contributed by atoms with Gasteiger partial charge in [0.15, 0.2) is 5.96 Å². The minimum absolute atomic E-state index is 0.263. The number of nitrogens with zero attached hydrogens (tertiary/aromatic N) is 2. The van der Waals surface area contributed by atoms with Gasteiger partial charge in [-0.2, -0.15) is 0 Å². The molecule has 0 aromatic rings. The van der Waals surface area contributed by atoms with Gasteiger partial charge >= 0.3 is 0 Å². The Labute approximate surface area is 89.9 Å². The van der Waals surface area contributed by atoms with Gasteiger partial charge in [0.25, 0.3) is 0 Å². The molecule has 0 aromatic heterocycles. The quantitative estimate of drug-likeness (QED) is 0.663. The summed E-state index contributed by atoms with van der Waals surface area (Å²) in [5.41, 5.74) is 0. The number of guanidine groups is 1. The van der Waals surface area contributed by atoms with Crippen LogP contribution in [0.4, 0.5) is 0 Å². The molecule has 0 radical (unpaired) electrons. The van der Waals surface area contributed by atoms with Gasteiger partial charge in [0.05, 0.1) is 6.54 Å². The maximum atomic E-state index is 11.6. The second kappa shape index (κ2) is 5.00. The fourth-order valence-corrected chi connectivity index (χ4v) is 1.93. The lowest BCUT2D eigenvalue weighted by Crippen LogP contribution is -2.37. The van der Waals surface area contributed by atoms with Crippen LogP contribution < -0.4 is 10.6 Å². The van der Waals surface area contributed by atoms with Crippen molar-refractivity contribution < 1.29 is 4.79 Å². The highest BCUT2D eigenvalue weighted by Crippen LogP contribution is 2.08. The van der Waals surface area contributed by atoms with E-state index in [-0.39, 0.29) is 5.91 Å². The van der Waals surface area contributed by atoms with Crippen LogP contribution in [0.25, 0.3) is 0 Å². The first kappa shape index (κ1) is 10.3. The first-order valence-electron chi connectivity index (χ1n) is 5.66. The van der Waals surface area contributed by atoms with Crippen LogP contribution in [0.5, 0.6) is 0 Å². The first-order chi connectivity index (χ1) is 7.36. The summed E-state index contributed by atoms with van der Waals surface area (Å²) in [6, 6.07) is 0. The fraction of sp³-hybridized carbons (Fsp3) is 0.800. The van der Waals surface area contributed by atoms with E-state index < -0.39 is 0 Å². The van der Waals surface area contributed by atoms with E-state index in [1.165, 1.54) is 0 Å². The van der Waals surface area contributed by atoms with E-state index in [4.69, 9.17) is 0 Å². The number of hydrogen-bond donors (Lipinski definition) is 2. The standard InChI is InChI=1S/C10H18N4O/c15-9(14-7-1-2-8-14)3-4-11-10-12-5-6-13-10/h1-8H2,(H2,11,12,13). The summed E-state index contributed by atoms with van der Waals surface area (Å²) in [5, 5.41) is 6.24. The highest BCUT2D eigenvalue weighted by molar-refractivity contribution is 5.82. The molecule has 2 aliphatic rings. The largest absolute Gasteiger partial charge is 0.356 e. The molecule has 2 rings (SSSR count). The van der Waals surface area contributed by atoms with Crippen molar-refractivity contribution >= 4 is 11.9 Å². The van der Waals surface area contributed by atoms with E-state index in [1.807, 2.05) is 4.90 Å². The van der Waals surface area contributed by atoms with Gasteiger partial charge in [-0.15, -0.1) is 0 Å². The van der Waals surface area contributed by atoms with Crippen LogP contribution in [-0.4, -0.2) is 49.5 Å². The van der Waals surface area contributed by atoms with Crippen molar-refractivity contribution in [2.24, 2.45) is 4.99 Å². The number of rotatable bonds is 3. The van der Waals surface area contributed by atoms with Crippen LogP contribution in [0.3, 0.4) is 0 Å². The van der Waals surface area contributed by atoms with Gasteiger partial charge in [0.1, 0.15) is 0 Å². The minimum atomic E-state index is 0.263. The molecule has 15 heavy (non-hydrogen) atoms. The average Bonchev–Trinajstić information content (AvgIpc) is 2.90. The predicted octanol–water partition coefficient (Wildman–Crippen LogP) is -0.452. The molecule has 0 aliphatic carbocycles. The molecule has 0 unspecified atom stereocenters. The van der Waals surface area contributed by atoms with E-state index in [0.29, 0.717) is 13.0 Å². The summed E-state index contributed by atoms with van der Waals surface area (Å²) in [4.78, 5) is 17.8. The Balaban J connectivity index is 1.62. The van der Waals surface area contributed by atoms with Crippen LogP contribution >= 0.6 is 0 Å². The van der Waals surface area contributed by atoms with Gasteiger partial charge in [0, 0.05) is 32.6 Å². The highest BCUT2D eigenvalue weighted by Gasteiger charge is 2.17. The third kappa shape index (κ3) is 2.84. The lowest BCUT2D eigenvalue weighted by molar-refractivity contribution is -0.129. The minimum Gasteiger partial charge on any atom is -0.356 e. The summed E-state index contributed by atoms with van der Waals surface area (Å²) in [6.07, 6.45) is 2.89. The SMILES string of the molecule is O=C(CCNC1=NCCN1)N1CCCC1. The van der Waals surface area contributed by atoms with Crippen molar-refractivity contribution in [1.29, 1.82) is 0 Å². The molecule has 0 bridgehead atoms. The zero-order valence-corrected chi connectivity index (χ0v) is 8.96. The van der Waals surface area contributed by atoms with Crippen LogP contribution in [-0.2, 0) is 4.79 Å². The molecule has 1 fully saturated rings.